The molecule has 0 aliphatic carbocycles. The van der Waals surface area contributed by atoms with E-state index in [-0.39, 0.29) is 17.2 Å². The molecule has 0 saturated carbocycles. The highest BCUT2D eigenvalue weighted by Gasteiger charge is 2.26. The maximum absolute atomic E-state index is 13.0. The standard InChI is InChI=1S/C21H20N4O3S/c1-12-7-13(2)9-15(8-12)24-20(17-10-29-11-18(17)23-24)22-21(26)16-5-4-6-19(14(16)3)25(27)28/h4-9H,10-11H2,1-3H3,(H,22,26). The number of fused-ring (bicyclic) bond motifs is 1. The van der Waals surface area contributed by atoms with E-state index in [2.05, 4.69) is 11.4 Å². The molecule has 0 fully saturated rings. The number of hydrogen-bond donors (Lipinski definition) is 1. The molecule has 0 saturated heterocycles. The Balaban J connectivity index is 1.77. The van der Waals surface area contributed by atoms with E-state index in [1.807, 2.05) is 26.0 Å². The van der Waals surface area contributed by atoms with Crippen LogP contribution in [0.4, 0.5) is 11.5 Å². The number of hydrogen-bond acceptors (Lipinski definition) is 5. The first-order chi connectivity index (χ1) is 13.8. The van der Waals surface area contributed by atoms with Gasteiger partial charge in [-0.1, -0.05) is 12.1 Å². The Hall–Kier alpha value is -3.13. The van der Waals surface area contributed by atoms with Crippen molar-refractivity contribution in [2.45, 2.75) is 32.3 Å². The van der Waals surface area contributed by atoms with E-state index >= 15 is 0 Å². The summed E-state index contributed by atoms with van der Waals surface area (Å²) in [4.78, 5) is 23.8. The number of thioether (sulfide) groups is 1. The summed E-state index contributed by atoms with van der Waals surface area (Å²) < 4.78 is 1.77. The van der Waals surface area contributed by atoms with Gasteiger partial charge in [-0.3, -0.25) is 14.9 Å². The Morgan fingerprint density at radius 3 is 2.59 bits per heavy atom. The lowest BCUT2D eigenvalue weighted by Crippen LogP contribution is -2.17. The van der Waals surface area contributed by atoms with Crippen LogP contribution in [0.1, 0.15) is 38.3 Å². The number of rotatable bonds is 4. The third-order valence-corrected chi connectivity index (χ3v) is 5.95. The fourth-order valence-electron chi connectivity index (χ4n) is 3.64. The quantitative estimate of drug-likeness (QED) is 0.499. The topological polar surface area (TPSA) is 90.1 Å². The predicted octanol–water partition coefficient (Wildman–Crippen LogP) is 4.70. The molecule has 0 radical (unpaired) electrons. The Bertz CT molecular complexity index is 1130. The number of amides is 1. The lowest BCUT2D eigenvalue weighted by Gasteiger charge is -2.13. The molecule has 1 aromatic heterocycles. The Labute approximate surface area is 172 Å². The summed E-state index contributed by atoms with van der Waals surface area (Å²) in [6, 6.07) is 10.7. The Morgan fingerprint density at radius 2 is 1.90 bits per heavy atom. The van der Waals surface area contributed by atoms with E-state index in [0.29, 0.717) is 11.4 Å². The van der Waals surface area contributed by atoms with Crippen molar-refractivity contribution in [3.63, 3.8) is 0 Å². The van der Waals surface area contributed by atoms with Crippen molar-refractivity contribution in [2.24, 2.45) is 0 Å². The largest absolute Gasteiger partial charge is 0.306 e. The maximum Gasteiger partial charge on any atom is 0.273 e. The molecule has 1 N–H and O–H groups in total. The normalized spacial score (nSPS) is 12.7. The van der Waals surface area contributed by atoms with Crippen LogP contribution in [0.25, 0.3) is 5.69 Å². The number of nitro groups is 1. The Kier molecular flexibility index (Phi) is 4.87. The summed E-state index contributed by atoms with van der Waals surface area (Å²) in [5, 5.41) is 18.9. The molecule has 7 nitrogen and oxygen atoms in total. The number of aryl methyl sites for hydroxylation is 2. The first-order valence-corrected chi connectivity index (χ1v) is 10.3. The van der Waals surface area contributed by atoms with Crippen LogP contribution in [0.5, 0.6) is 0 Å². The molecule has 29 heavy (non-hydrogen) atoms. The zero-order chi connectivity index (χ0) is 20.7. The number of carbonyl (C=O) groups is 1. The van der Waals surface area contributed by atoms with Gasteiger partial charge < -0.3 is 5.32 Å². The zero-order valence-electron chi connectivity index (χ0n) is 16.4. The van der Waals surface area contributed by atoms with Crippen LogP contribution in [-0.4, -0.2) is 20.6 Å². The summed E-state index contributed by atoms with van der Waals surface area (Å²) in [5.41, 5.74) is 5.62. The molecule has 8 heteroatoms. The van der Waals surface area contributed by atoms with Crippen molar-refractivity contribution in [1.29, 1.82) is 0 Å². The van der Waals surface area contributed by atoms with Gasteiger partial charge in [-0.05, 0) is 50.1 Å². The molecule has 2 heterocycles. The lowest BCUT2D eigenvalue weighted by molar-refractivity contribution is -0.385. The van der Waals surface area contributed by atoms with Crippen molar-refractivity contribution < 1.29 is 9.72 Å². The number of anilines is 1. The average molecular weight is 408 g/mol. The van der Waals surface area contributed by atoms with Gasteiger partial charge in [0.2, 0.25) is 0 Å². The fraction of sp³-hybridized carbons (Fsp3) is 0.238. The van der Waals surface area contributed by atoms with Crippen molar-refractivity contribution in [2.75, 3.05) is 5.32 Å². The highest BCUT2D eigenvalue weighted by Crippen LogP contribution is 2.36. The third-order valence-electron chi connectivity index (χ3n) is 4.98. The van der Waals surface area contributed by atoms with E-state index in [0.717, 1.165) is 39.6 Å². The van der Waals surface area contributed by atoms with Crippen LogP contribution in [0.3, 0.4) is 0 Å². The monoisotopic (exact) mass is 408 g/mol. The van der Waals surface area contributed by atoms with Crippen LogP contribution >= 0.6 is 11.8 Å². The van der Waals surface area contributed by atoms with E-state index < -0.39 is 4.92 Å². The second kappa shape index (κ2) is 7.36. The van der Waals surface area contributed by atoms with Gasteiger partial charge >= 0.3 is 0 Å². The molecule has 4 rings (SSSR count). The fourth-order valence-corrected chi connectivity index (χ4v) is 4.68. The molecule has 1 aliphatic heterocycles. The lowest BCUT2D eigenvalue weighted by atomic mass is 10.1. The van der Waals surface area contributed by atoms with Crippen molar-refractivity contribution in [3.05, 3.63) is 80.0 Å². The molecule has 148 valence electrons. The first kappa shape index (κ1) is 19.2. The van der Waals surface area contributed by atoms with E-state index in [9.17, 15) is 14.9 Å². The summed E-state index contributed by atoms with van der Waals surface area (Å²) >= 11 is 1.75. The van der Waals surface area contributed by atoms with Crippen LogP contribution in [0, 0.1) is 30.9 Å². The summed E-state index contributed by atoms with van der Waals surface area (Å²) in [6.45, 7) is 5.64. The van der Waals surface area contributed by atoms with Crippen molar-refractivity contribution in [3.8, 4) is 5.69 Å². The minimum atomic E-state index is -0.472. The van der Waals surface area contributed by atoms with Gasteiger partial charge in [0.05, 0.1) is 16.3 Å². The van der Waals surface area contributed by atoms with Gasteiger partial charge in [0.15, 0.2) is 0 Å². The number of benzene rings is 2. The Morgan fingerprint density at radius 1 is 1.17 bits per heavy atom. The number of carbonyl (C=O) groups excluding carboxylic acids is 1. The molecular weight excluding hydrogens is 388 g/mol. The van der Waals surface area contributed by atoms with E-state index in [1.165, 1.54) is 12.1 Å². The van der Waals surface area contributed by atoms with Gasteiger partial charge in [-0.15, -0.1) is 0 Å². The summed E-state index contributed by atoms with van der Waals surface area (Å²) in [6.07, 6.45) is 0. The second-order valence-corrected chi connectivity index (χ2v) is 8.17. The number of nitro benzene ring substituents is 1. The third kappa shape index (κ3) is 3.51. The van der Waals surface area contributed by atoms with Gasteiger partial charge in [0.1, 0.15) is 5.82 Å². The molecule has 2 aromatic carbocycles. The molecule has 3 aromatic rings. The van der Waals surface area contributed by atoms with Gasteiger partial charge in [0.25, 0.3) is 11.6 Å². The zero-order valence-corrected chi connectivity index (χ0v) is 17.2. The SMILES string of the molecule is Cc1cc(C)cc(-n2nc3c(c2NC(=O)c2cccc([N+](=O)[O-])c2C)CSC3)c1. The van der Waals surface area contributed by atoms with Crippen LogP contribution in [0.15, 0.2) is 36.4 Å². The van der Waals surface area contributed by atoms with Gasteiger partial charge in [-0.2, -0.15) is 16.9 Å². The molecule has 0 bridgehead atoms. The van der Waals surface area contributed by atoms with Crippen molar-refractivity contribution >= 4 is 29.2 Å². The average Bonchev–Trinajstić information content (AvgIpc) is 3.23. The molecule has 0 unspecified atom stereocenters. The number of nitrogens with zero attached hydrogens (tertiary/aromatic N) is 3. The van der Waals surface area contributed by atoms with Gasteiger partial charge in [0, 0.05) is 34.3 Å². The number of aromatic nitrogens is 2. The van der Waals surface area contributed by atoms with E-state index in [4.69, 9.17) is 5.10 Å². The van der Waals surface area contributed by atoms with Crippen LogP contribution in [0.2, 0.25) is 0 Å². The second-order valence-electron chi connectivity index (χ2n) is 7.19. The highest BCUT2D eigenvalue weighted by atomic mass is 32.2. The molecule has 1 aliphatic rings. The maximum atomic E-state index is 13.0. The van der Waals surface area contributed by atoms with E-state index in [1.54, 1.807) is 29.4 Å². The molecule has 0 spiro atoms. The minimum absolute atomic E-state index is 0.0683. The van der Waals surface area contributed by atoms with Gasteiger partial charge in [-0.25, -0.2) is 4.68 Å². The first-order valence-electron chi connectivity index (χ1n) is 9.17. The smallest absolute Gasteiger partial charge is 0.273 e. The van der Waals surface area contributed by atoms with Crippen molar-refractivity contribution in [1.82, 2.24) is 9.78 Å². The highest BCUT2D eigenvalue weighted by molar-refractivity contribution is 7.98. The molecular formula is C21H20N4O3S. The van der Waals surface area contributed by atoms with Crippen LogP contribution in [-0.2, 0) is 11.5 Å². The summed E-state index contributed by atoms with van der Waals surface area (Å²) in [7, 11) is 0. The molecule has 0 atom stereocenters. The van der Waals surface area contributed by atoms with Crippen LogP contribution < -0.4 is 5.32 Å². The minimum Gasteiger partial charge on any atom is -0.306 e. The molecule has 1 amide bonds. The summed E-state index contributed by atoms with van der Waals surface area (Å²) in [5.74, 6) is 1.82. The number of nitrogens with one attached hydrogen (secondary N) is 1. The predicted molar refractivity (Wildman–Crippen MR) is 114 cm³/mol.